The van der Waals surface area contributed by atoms with Crippen LogP contribution >= 0.6 is 0 Å². The first kappa shape index (κ1) is 17.0. The van der Waals surface area contributed by atoms with Crippen LogP contribution < -0.4 is 10.1 Å². The summed E-state index contributed by atoms with van der Waals surface area (Å²) in [6, 6.07) is 7.25. The van der Waals surface area contributed by atoms with Crippen LogP contribution in [0, 0.1) is 12.8 Å². The molecule has 2 atom stereocenters. The average Bonchev–Trinajstić information content (AvgIpc) is 3.24. The molecule has 0 radical (unpaired) electrons. The molecule has 2 N–H and O–H groups in total. The van der Waals surface area contributed by atoms with Crippen LogP contribution in [0.15, 0.2) is 30.5 Å². The highest BCUT2D eigenvalue weighted by Gasteiger charge is 2.31. The molecule has 25 heavy (non-hydrogen) atoms. The van der Waals surface area contributed by atoms with Crippen molar-refractivity contribution < 1.29 is 19.4 Å². The van der Waals surface area contributed by atoms with Crippen molar-refractivity contribution in [3.63, 3.8) is 0 Å². The number of carboxylic acids is 1. The van der Waals surface area contributed by atoms with E-state index in [2.05, 4.69) is 10.4 Å². The van der Waals surface area contributed by atoms with E-state index in [9.17, 15) is 9.59 Å². The molecule has 7 heteroatoms. The van der Waals surface area contributed by atoms with Crippen LogP contribution in [0.2, 0.25) is 0 Å². The van der Waals surface area contributed by atoms with Crippen LogP contribution in [0.1, 0.15) is 35.3 Å². The maximum absolute atomic E-state index is 12.4. The summed E-state index contributed by atoms with van der Waals surface area (Å²) in [4.78, 5) is 23.4. The van der Waals surface area contributed by atoms with Gasteiger partial charge in [0.2, 0.25) is 0 Å². The first-order valence-corrected chi connectivity index (χ1v) is 8.22. The summed E-state index contributed by atoms with van der Waals surface area (Å²) in [7, 11) is 1.59. The second-order valence-electron chi connectivity index (χ2n) is 6.34. The molecule has 0 unspecified atom stereocenters. The number of hydrogen-bond donors (Lipinski definition) is 2. The number of aromatic nitrogens is 2. The summed E-state index contributed by atoms with van der Waals surface area (Å²) in [5.41, 5.74) is 2.11. The number of aryl methyl sites for hydroxylation is 1. The fraction of sp³-hybridized carbons (Fsp3) is 0.389. The monoisotopic (exact) mass is 343 g/mol. The van der Waals surface area contributed by atoms with E-state index in [-0.39, 0.29) is 17.9 Å². The number of amides is 1. The molecule has 1 aromatic heterocycles. The van der Waals surface area contributed by atoms with E-state index in [0.717, 1.165) is 11.3 Å². The quantitative estimate of drug-likeness (QED) is 0.868. The molecule has 7 nitrogen and oxygen atoms in total. The van der Waals surface area contributed by atoms with Gasteiger partial charge < -0.3 is 15.2 Å². The Balaban J connectivity index is 1.72. The molecule has 1 amide bonds. The van der Waals surface area contributed by atoms with Gasteiger partial charge in [0.25, 0.3) is 5.91 Å². The van der Waals surface area contributed by atoms with Gasteiger partial charge in [-0.3, -0.25) is 9.59 Å². The summed E-state index contributed by atoms with van der Waals surface area (Å²) in [6.45, 7) is 1.97. The molecule has 1 aliphatic rings. The number of nitrogens with zero attached hydrogens (tertiary/aromatic N) is 2. The molecular formula is C18H21N3O4. The molecule has 1 aromatic carbocycles. The lowest BCUT2D eigenvalue weighted by molar-refractivity contribution is -0.141. The Bertz CT molecular complexity index is 799. The van der Waals surface area contributed by atoms with Gasteiger partial charge in [0.15, 0.2) is 5.69 Å². The Morgan fingerprint density at radius 3 is 2.80 bits per heavy atom. The van der Waals surface area contributed by atoms with E-state index in [1.807, 2.05) is 25.1 Å². The third kappa shape index (κ3) is 3.65. The Hall–Kier alpha value is -2.83. The minimum absolute atomic E-state index is 0.118. The summed E-state index contributed by atoms with van der Waals surface area (Å²) in [5, 5.41) is 16.3. The number of rotatable bonds is 5. The Kier molecular flexibility index (Phi) is 4.74. The van der Waals surface area contributed by atoms with Crippen molar-refractivity contribution >= 4 is 11.9 Å². The smallest absolute Gasteiger partial charge is 0.306 e. The van der Waals surface area contributed by atoms with Crippen LogP contribution in [-0.2, 0) is 4.79 Å². The van der Waals surface area contributed by atoms with E-state index in [0.29, 0.717) is 30.7 Å². The van der Waals surface area contributed by atoms with E-state index in [1.165, 1.54) is 0 Å². The van der Waals surface area contributed by atoms with Gasteiger partial charge in [-0.15, -0.1) is 0 Å². The van der Waals surface area contributed by atoms with Crippen molar-refractivity contribution in [1.29, 1.82) is 0 Å². The summed E-state index contributed by atoms with van der Waals surface area (Å²) in [6.07, 6.45) is 3.44. The van der Waals surface area contributed by atoms with E-state index < -0.39 is 5.97 Å². The summed E-state index contributed by atoms with van der Waals surface area (Å²) in [5.74, 6) is -0.797. The molecule has 0 bridgehead atoms. The lowest BCUT2D eigenvalue weighted by atomic mass is 10.1. The van der Waals surface area contributed by atoms with Crippen molar-refractivity contribution in [2.75, 3.05) is 7.11 Å². The van der Waals surface area contributed by atoms with Gasteiger partial charge in [-0.2, -0.15) is 5.10 Å². The number of methoxy groups -OCH3 is 1. The largest absolute Gasteiger partial charge is 0.494 e. The molecule has 0 aliphatic heterocycles. The lowest BCUT2D eigenvalue weighted by Gasteiger charge is -2.11. The van der Waals surface area contributed by atoms with Gasteiger partial charge >= 0.3 is 5.97 Å². The zero-order valence-corrected chi connectivity index (χ0v) is 14.2. The number of carbonyl (C=O) groups excluding carboxylic acids is 1. The molecule has 1 heterocycles. The van der Waals surface area contributed by atoms with Gasteiger partial charge in [-0.25, -0.2) is 4.68 Å². The van der Waals surface area contributed by atoms with Crippen molar-refractivity contribution in [3.05, 3.63) is 41.7 Å². The summed E-state index contributed by atoms with van der Waals surface area (Å²) >= 11 is 0. The van der Waals surface area contributed by atoms with E-state index in [1.54, 1.807) is 24.1 Å². The molecule has 0 saturated heterocycles. The molecule has 1 aliphatic carbocycles. The Labute approximate surface area is 145 Å². The SMILES string of the molecule is COc1ccc(C)cc1-n1ccc(C(=O)N[C@@H]2CC[C@H](C(=O)O)C2)n1. The fourth-order valence-corrected chi connectivity index (χ4v) is 3.15. The third-order valence-corrected chi connectivity index (χ3v) is 4.52. The lowest BCUT2D eigenvalue weighted by Crippen LogP contribution is -2.33. The number of nitrogens with one attached hydrogen (secondary N) is 1. The maximum atomic E-state index is 12.4. The normalized spacial score (nSPS) is 19.6. The zero-order chi connectivity index (χ0) is 18.0. The van der Waals surface area contributed by atoms with Gasteiger partial charge in [-0.05, 0) is 49.9 Å². The second kappa shape index (κ2) is 6.96. The van der Waals surface area contributed by atoms with Gasteiger partial charge in [0.1, 0.15) is 11.4 Å². The first-order chi connectivity index (χ1) is 12.0. The minimum Gasteiger partial charge on any atom is -0.494 e. The molecule has 0 spiro atoms. The molecular weight excluding hydrogens is 322 g/mol. The predicted octanol–water partition coefficient (Wildman–Crippen LogP) is 2.17. The zero-order valence-electron chi connectivity index (χ0n) is 14.2. The van der Waals surface area contributed by atoms with Crippen molar-refractivity contribution in [2.24, 2.45) is 5.92 Å². The number of aliphatic carboxylic acids is 1. The Morgan fingerprint density at radius 1 is 1.32 bits per heavy atom. The molecule has 1 saturated carbocycles. The molecule has 1 fully saturated rings. The van der Waals surface area contributed by atoms with Crippen LogP contribution in [0.4, 0.5) is 0 Å². The number of carboxylic acid groups (broad SMARTS) is 1. The predicted molar refractivity (Wildman–Crippen MR) is 91.1 cm³/mol. The molecule has 3 rings (SSSR count). The highest BCUT2D eigenvalue weighted by molar-refractivity contribution is 5.92. The van der Waals surface area contributed by atoms with Gasteiger partial charge in [-0.1, -0.05) is 6.07 Å². The second-order valence-corrected chi connectivity index (χ2v) is 6.34. The van der Waals surface area contributed by atoms with Gasteiger partial charge in [0.05, 0.1) is 13.0 Å². The van der Waals surface area contributed by atoms with Crippen molar-refractivity contribution in [2.45, 2.75) is 32.2 Å². The highest BCUT2D eigenvalue weighted by atomic mass is 16.5. The number of ether oxygens (including phenoxy) is 1. The minimum atomic E-state index is -0.799. The number of hydrogen-bond acceptors (Lipinski definition) is 4. The van der Waals surface area contributed by atoms with Crippen LogP contribution in [0.3, 0.4) is 0 Å². The standard InChI is InChI=1S/C18H21N3O4/c1-11-3-6-16(25-2)15(9-11)21-8-7-14(20-21)17(22)19-13-5-4-12(10-13)18(23)24/h3,6-9,12-13H,4-5,10H2,1-2H3,(H,19,22)(H,23,24)/t12-,13+/m0/s1. The van der Waals surface area contributed by atoms with Crippen LogP contribution in [-0.4, -0.2) is 39.9 Å². The Morgan fingerprint density at radius 2 is 2.12 bits per heavy atom. The van der Waals surface area contributed by atoms with Crippen molar-refractivity contribution in [1.82, 2.24) is 15.1 Å². The average molecular weight is 343 g/mol. The third-order valence-electron chi connectivity index (χ3n) is 4.52. The van der Waals surface area contributed by atoms with Crippen molar-refractivity contribution in [3.8, 4) is 11.4 Å². The highest BCUT2D eigenvalue weighted by Crippen LogP contribution is 2.26. The molecule has 2 aromatic rings. The maximum Gasteiger partial charge on any atom is 0.306 e. The summed E-state index contributed by atoms with van der Waals surface area (Å²) < 4.78 is 6.96. The van der Waals surface area contributed by atoms with E-state index in [4.69, 9.17) is 9.84 Å². The first-order valence-electron chi connectivity index (χ1n) is 8.22. The van der Waals surface area contributed by atoms with Crippen LogP contribution in [0.25, 0.3) is 5.69 Å². The van der Waals surface area contributed by atoms with Crippen LogP contribution in [0.5, 0.6) is 5.75 Å². The topological polar surface area (TPSA) is 93.5 Å². The van der Waals surface area contributed by atoms with E-state index >= 15 is 0 Å². The molecule has 132 valence electrons. The number of benzene rings is 1. The fourth-order valence-electron chi connectivity index (χ4n) is 3.15. The number of carbonyl (C=O) groups is 2. The van der Waals surface area contributed by atoms with Gasteiger partial charge in [0, 0.05) is 12.2 Å².